The molecule has 2 heterocycles. The second-order valence-electron chi connectivity index (χ2n) is 6.72. The van der Waals surface area contributed by atoms with Gasteiger partial charge in [-0.25, -0.2) is 14.1 Å². The van der Waals surface area contributed by atoms with Gasteiger partial charge in [0.2, 0.25) is 0 Å². The van der Waals surface area contributed by atoms with Gasteiger partial charge in [0.05, 0.1) is 23.5 Å². The fourth-order valence-corrected chi connectivity index (χ4v) is 2.46. The van der Waals surface area contributed by atoms with Crippen LogP contribution in [0.15, 0.2) is 12.3 Å². The van der Waals surface area contributed by atoms with Crippen LogP contribution >= 0.6 is 0 Å². The van der Waals surface area contributed by atoms with Crippen LogP contribution in [0.2, 0.25) is 0 Å². The SMILES string of the molecule is CCOC(=O)c1c(CC)nn2cc(C)c(NC(=O)OC(C)(C)C)cc12. The molecule has 0 aliphatic rings. The molecule has 25 heavy (non-hydrogen) atoms. The average molecular weight is 347 g/mol. The highest BCUT2D eigenvalue weighted by molar-refractivity contribution is 5.99. The van der Waals surface area contributed by atoms with Crippen LogP contribution in [0, 0.1) is 6.92 Å². The molecular formula is C18H25N3O4. The van der Waals surface area contributed by atoms with Crippen LogP contribution in [0.3, 0.4) is 0 Å². The lowest BCUT2D eigenvalue weighted by Crippen LogP contribution is -2.27. The Balaban J connectivity index is 2.46. The van der Waals surface area contributed by atoms with Gasteiger partial charge >= 0.3 is 12.1 Å². The molecule has 0 aliphatic carbocycles. The summed E-state index contributed by atoms with van der Waals surface area (Å²) in [6.07, 6.45) is 1.82. The summed E-state index contributed by atoms with van der Waals surface area (Å²) in [5.74, 6) is -0.415. The summed E-state index contributed by atoms with van der Waals surface area (Å²) < 4.78 is 12.1. The highest BCUT2D eigenvalue weighted by Gasteiger charge is 2.22. The number of rotatable bonds is 4. The molecule has 0 radical (unpaired) electrons. The van der Waals surface area contributed by atoms with Gasteiger partial charge in [0, 0.05) is 6.20 Å². The van der Waals surface area contributed by atoms with Gasteiger partial charge in [0.15, 0.2) is 0 Å². The molecule has 2 aromatic heterocycles. The van der Waals surface area contributed by atoms with Crippen molar-refractivity contribution < 1.29 is 19.1 Å². The van der Waals surface area contributed by atoms with E-state index in [2.05, 4.69) is 10.4 Å². The summed E-state index contributed by atoms with van der Waals surface area (Å²) in [6, 6.07) is 1.72. The number of nitrogens with one attached hydrogen (secondary N) is 1. The molecule has 1 N–H and O–H groups in total. The van der Waals surface area contributed by atoms with E-state index in [1.54, 1.807) is 44.5 Å². The number of pyridine rings is 1. The molecule has 0 bridgehead atoms. The van der Waals surface area contributed by atoms with Crippen LogP contribution < -0.4 is 5.32 Å². The second kappa shape index (κ2) is 7.13. The lowest BCUT2D eigenvalue weighted by atomic mass is 10.1. The summed E-state index contributed by atoms with van der Waals surface area (Å²) in [6.45, 7) is 11.2. The monoisotopic (exact) mass is 347 g/mol. The summed E-state index contributed by atoms with van der Waals surface area (Å²) in [5.41, 5.74) is 2.45. The molecule has 2 rings (SSSR count). The van der Waals surface area contributed by atoms with Crippen LogP contribution in [0.5, 0.6) is 0 Å². The minimum Gasteiger partial charge on any atom is -0.462 e. The number of carbonyl (C=O) groups excluding carboxylic acids is 2. The van der Waals surface area contributed by atoms with Gasteiger partial charge in [-0.15, -0.1) is 0 Å². The molecule has 1 amide bonds. The Hall–Kier alpha value is -2.57. The van der Waals surface area contributed by atoms with E-state index in [0.717, 1.165) is 5.56 Å². The molecule has 0 fully saturated rings. The molecule has 0 saturated carbocycles. The zero-order chi connectivity index (χ0) is 18.8. The number of fused-ring (bicyclic) bond motifs is 1. The summed E-state index contributed by atoms with van der Waals surface area (Å²) in [7, 11) is 0. The van der Waals surface area contributed by atoms with E-state index in [9.17, 15) is 9.59 Å². The predicted molar refractivity (Wildman–Crippen MR) is 95.1 cm³/mol. The molecule has 7 heteroatoms. The Kier molecular flexibility index (Phi) is 5.35. The molecule has 0 spiro atoms. The van der Waals surface area contributed by atoms with Crippen molar-refractivity contribution in [2.24, 2.45) is 0 Å². The fraction of sp³-hybridized carbons (Fsp3) is 0.500. The standard InChI is InChI=1S/C18H25N3O4/c1-7-12-15(16(22)24-8-2)14-9-13(11(3)10-21(14)20-12)19-17(23)25-18(4,5)6/h9-10H,7-8H2,1-6H3,(H,19,23). The Morgan fingerprint density at radius 3 is 2.52 bits per heavy atom. The first-order valence-corrected chi connectivity index (χ1v) is 8.35. The van der Waals surface area contributed by atoms with Crippen molar-refractivity contribution in [3.63, 3.8) is 0 Å². The number of amides is 1. The highest BCUT2D eigenvalue weighted by atomic mass is 16.6. The summed E-state index contributed by atoms with van der Waals surface area (Å²) >= 11 is 0. The van der Waals surface area contributed by atoms with Crippen molar-refractivity contribution in [2.45, 2.75) is 53.6 Å². The molecule has 0 saturated heterocycles. The van der Waals surface area contributed by atoms with Crippen molar-refractivity contribution in [2.75, 3.05) is 11.9 Å². The first kappa shape index (κ1) is 18.8. The third-order valence-corrected chi connectivity index (χ3v) is 3.49. The zero-order valence-electron chi connectivity index (χ0n) is 15.6. The number of anilines is 1. The number of nitrogens with zero attached hydrogens (tertiary/aromatic N) is 2. The van der Waals surface area contributed by atoms with Gasteiger partial charge in [0.25, 0.3) is 0 Å². The third kappa shape index (κ3) is 4.29. The minimum atomic E-state index is -0.593. The largest absolute Gasteiger partial charge is 0.462 e. The Bertz CT molecular complexity index is 803. The topological polar surface area (TPSA) is 81.9 Å². The normalized spacial score (nSPS) is 11.4. The van der Waals surface area contributed by atoms with Gasteiger partial charge in [0.1, 0.15) is 11.2 Å². The average Bonchev–Trinajstić information content (AvgIpc) is 2.83. The van der Waals surface area contributed by atoms with Gasteiger partial charge in [-0.2, -0.15) is 5.10 Å². The molecule has 0 aliphatic heterocycles. The fourth-order valence-electron chi connectivity index (χ4n) is 2.46. The molecule has 0 aromatic carbocycles. The van der Waals surface area contributed by atoms with E-state index in [1.165, 1.54) is 0 Å². The number of carbonyl (C=O) groups is 2. The van der Waals surface area contributed by atoms with Gasteiger partial charge in [-0.1, -0.05) is 6.92 Å². The molecule has 0 atom stereocenters. The van der Waals surface area contributed by atoms with E-state index >= 15 is 0 Å². The van der Waals surface area contributed by atoms with Gasteiger partial charge < -0.3 is 9.47 Å². The van der Waals surface area contributed by atoms with Crippen LogP contribution in [0.1, 0.15) is 56.2 Å². The maximum Gasteiger partial charge on any atom is 0.412 e. The van der Waals surface area contributed by atoms with E-state index in [1.807, 2.05) is 13.8 Å². The molecule has 136 valence electrons. The van der Waals surface area contributed by atoms with Gasteiger partial charge in [-0.3, -0.25) is 5.32 Å². The molecule has 7 nitrogen and oxygen atoms in total. The van der Waals surface area contributed by atoms with Crippen molar-refractivity contribution in [3.05, 3.63) is 29.1 Å². The number of aromatic nitrogens is 2. The quantitative estimate of drug-likeness (QED) is 0.852. The summed E-state index contributed by atoms with van der Waals surface area (Å²) in [5, 5.41) is 7.18. The second-order valence-corrected chi connectivity index (χ2v) is 6.72. The third-order valence-electron chi connectivity index (χ3n) is 3.49. The first-order valence-electron chi connectivity index (χ1n) is 8.35. The maximum absolute atomic E-state index is 12.3. The Morgan fingerprint density at radius 1 is 1.28 bits per heavy atom. The number of esters is 1. The Morgan fingerprint density at radius 2 is 1.96 bits per heavy atom. The predicted octanol–water partition coefficient (Wildman–Crippen LogP) is 3.73. The van der Waals surface area contributed by atoms with E-state index < -0.39 is 17.7 Å². The summed E-state index contributed by atoms with van der Waals surface area (Å²) in [4.78, 5) is 24.4. The first-order chi connectivity index (χ1) is 11.7. The zero-order valence-corrected chi connectivity index (χ0v) is 15.6. The van der Waals surface area contributed by atoms with Crippen molar-refractivity contribution in [1.82, 2.24) is 9.61 Å². The number of aryl methyl sites for hydroxylation is 2. The number of hydrogen-bond acceptors (Lipinski definition) is 5. The van der Waals surface area contributed by atoms with Crippen molar-refractivity contribution in [3.8, 4) is 0 Å². The number of hydrogen-bond donors (Lipinski definition) is 1. The van der Waals surface area contributed by atoms with Crippen molar-refractivity contribution in [1.29, 1.82) is 0 Å². The maximum atomic E-state index is 12.3. The lowest BCUT2D eigenvalue weighted by molar-refractivity contribution is 0.0526. The van der Waals surface area contributed by atoms with Crippen molar-refractivity contribution >= 4 is 23.3 Å². The van der Waals surface area contributed by atoms with Crippen LogP contribution in [0.25, 0.3) is 5.52 Å². The van der Waals surface area contributed by atoms with Crippen LogP contribution in [-0.4, -0.2) is 33.9 Å². The van der Waals surface area contributed by atoms with Crippen LogP contribution in [-0.2, 0) is 15.9 Å². The minimum absolute atomic E-state index is 0.286. The molecule has 0 unspecified atom stereocenters. The van der Waals surface area contributed by atoms with E-state index in [0.29, 0.717) is 28.9 Å². The number of ether oxygens (including phenoxy) is 2. The Labute approximate surface area is 147 Å². The lowest BCUT2D eigenvalue weighted by Gasteiger charge is -2.20. The van der Waals surface area contributed by atoms with E-state index in [-0.39, 0.29) is 6.61 Å². The van der Waals surface area contributed by atoms with Gasteiger partial charge in [-0.05, 0) is 52.7 Å². The van der Waals surface area contributed by atoms with Crippen LogP contribution in [0.4, 0.5) is 10.5 Å². The molecule has 2 aromatic rings. The highest BCUT2D eigenvalue weighted by Crippen LogP contribution is 2.24. The smallest absolute Gasteiger partial charge is 0.412 e. The molecular weight excluding hydrogens is 322 g/mol. The van der Waals surface area contributed by atoms with E-state index in [4.69, 9.17) is 9.47 Å².